The highest BCUT2D eigenvalue weighted by Crippen LogP contribution is 2.43. The standard InChI is InChI=1S/C9H24SSi2/c1-9(2,3)12(4,5)10-7-6-8-11/h6-8H2,1-5,11H3. The second kappa shape index (κ2) is 4.86. The van der Waals surface area contributed by atoms with Gasteiger partial charge in [-0.1, -0.05) is 39.9 Å². The second-order valence-electron chi connectivity index (χ2n) is 4.96. The average Bonchev–Trinajstić information content (AvgIpc) is 1.85. The molecule has 0 radical (unpaired) electrons. The Morgan fingerprint density at radius 2 is 1.75 bits per heavy atom. The van der Waals surface area contributed by atoms with E-state index in [1.54, 1.807) is 0 Å². The fraction of sp³-hybridized carbons (Fsp3) is 1.00. The molecule has 0 spiro atoms. The molecule has 12 heavy (non-hydrogen) atoms. The van der Waals surface area contributed by atoms with E-state index in [-0.39, 0.29) is 0 Å². The van der Waals surface area contributed by atoms with E-state index < -0.39 is 7.22 Å². The van der Waals surface area contributed by atoms with Gasteiger partial charge in [-0.2, -0.15) is 11.2 Å². The van der Waals surface area contributed by atoms with Crippen molar-refractivity contribution in [3.63, 3.8) is 0 Å². The smallest absolute Gasteiger partial charge is 0.116 e. The zero-order chi connectivity index (χ0) is 9.83. The maximum Gasteiger partial charge on any atom is 0.116 e. The summed E-state index contributed by atoms with van der Waals surface area (Å²) in [5.74, 6) is 1.40. The average molecular weight is 221 g/mol. The van der Waals surface area contributed by atoms with Crippen molar-refractivity contribution < 1.29 is 0 Å². The highest BCUT2D eigenvalue weighted by Gasteiger charge is 2.35. The van der Waals surface area contributed by atoms with Gasteiger partial charge in [0, 0.05) is 10.2 Å². The van der Waals surface area contributed by atoms with Crippen LogP contribution in [-0.2, 0) is 0 Å². The van der Waals surface area contributed by atoms with Crippen molar-refractivity contribution in [1.82, 2.24) is 0 Å². The minimum Gasteiger partial charge on any atom is -0.185 e. The van der Waals surface area contributed by atoms with E-state index >= 15 is 0 Å². The van der Waals surface area contributed by atoms with Crippen LogP contribution in [0.15, 0.2) is 0 Å². The minimum absolute atomic E-state index is 0.558. The Labute approximate surface area is 86.0 Å². The summed E-state index contributed by atoms with van der Waals surface area (Å²) < 4.78 is 0. The molecule has 0 saturated heterocycles. The predicted molar refractivity (Wildman–Crippen MR) is 69.0 cm³/mol. The highest BCUT2D eigenvalue weighted by atomic mass is 32.4. The molecule has 0 aromatic carbocycles. The topological polar surface area (TPSA) is 0 Å². The fourth-order valence-electron chi connectivity index (χ4n) is 0.688. The van der Waals surface area contributed by atoms with Gasteiger partial charge in [0.05, 0.1) is 0 Å². The molecule has 0 bridgehead atoms. The van der Waals surface area contributed by atoms with Crippen molar-refractivity contribution in [3.8, 4) is 0 Å². The van der Waals surface area contributed by atoms with E-state index in [1.165, 1.54) is 28.5 Å². The van der Waals surface area contributed by atoms with Gasteiger partial charge in [-0.05, 0) is 17.2 Å². The monoisotopic (exact) mass is 220 g/mol. The van der Waals surface area contributed by atoms with Gasteiger partial charge in [-0.25, -0.2) is 0 Å². The lowest BCUT2D eigenvalue weighted by Crippen LogP contribution is -2.33. The summed E-state index contributed by atoms with van der Waals surface area (Å²) in [5.41, 5.74) is 0. The maximum atomic E-state index is 2.50. The van der Waals surface area contributed by atoms with Crippen molar-refractivity contribution in [1.29, 1.82) is 0 Å². The molecule has 0 atom stereocenters. The van der Waals surface area contributed by atoms with Gasteiger partial charge in [0.25, 0.3) is 0 Å². The molecule has 0 aliphatic carbocycles. The first-order chi connectivity index (χ1) is 5.31. The van der Waals surface area contributed by atoms with Gasteiger partial charge >= 0.3 is 0 Å². The lowest BCUT2D eigenvalue weighted by atomic mass is 10.2. The van der Waals surface area contributed by atoms with Gasteiger partial charge in [0.15, 0.2) is 0 Å². The largest absolute Gasteiger partial charge is 0.185 e. The van der Waals surface area contributed by atoms with E-state index in [2.05, 4.69) is 45.1 Å². The Hall–Kier alpha value is 0.784. The Balaban J connectivity index is 3.88. The first-order valence-electron chi connectivity index (χ1n) is 4.95. The Kier molecular flexibility index (Phi) is 5.18. The van der Waals surface area contributed by atoms with Crippen molar-refractivity contribution in [2.45, 2.75) is 51.4 Å². The van der Waals surface area contributed by atoms with Gasteiger partial charge in [-0.15, -0.1) is 0 Å². The third-order valence-corrected chi connectivity index (χ3v) is 12.9. The maximum absolute atomic E-state index is 2.50. The van der Waals surface area contributed by atoms with E-state index in [4.69, 9.17) is 0 Å². The van der Waals surface area contributed by atoms with Crippen LogP contribution in [0, 0.1) is 0 Å². The molecule has 0 amide bonds. The van der Waals surface area contributed by atoms with Crippen LogP contribution in [0.1, 0.15) is 27.2 Å². The third kappa shape index (κ3) is 4.14. The van der Waals surface area contributed by atoms with E-state index in [0.717, 1.165) is 0 Å². The molecule has 0 aromatic heterocycles. The lowest BCUT2D eigenvalue weighted by Gasteiger charge is -2.36. The van der Waals surface area contributed by atoms with Gasteiger partial charge in [0.1, 0.15) is 7.22 Å². The third-order valence-electron chi connectivity index (χ3n) is 2.77. The summed E-state index contributed by atoms with van der Waals surface area (Å²) in [6, 6.07) is 1.47. The number of rotatable bonds is 4. The first kappa shape index (κ1) is 12.8. The Bertz CT molecular complexity index is 127. The molecule has 0 aromatic rings. The van der Waals surface area contributed by atoms with E-state index in [0.29, 0.717) is 5.04 Å². The molecule has 0 fully saturated rings. The van der Waals surface area contributed by atoms with Crippen LogP contribution in [0.25, 0.3) is 0 Å². The van der Waals surface area contributed by atoms with Crippen molar-refractivity contribution >= 4 is 28.7 Å². The summed E-state index contributed by atoms with van der Waals surface area (Å²) in [5, 5.41) is 0.558. The Morgan fingerprint density at radius 1 is 1.25 bits per heavy atom. The summed E-state index contributed by atoms with van der Waals surface area (Å²) in [7, 11) is 0.371. The molecule has 74 valence electrons. The number of hydrogen-bond donors (Lipinski definition) is 0. The van der Waals surface area contributed by atoms with Crippen LogP contribution >= 0.6 is 11.2 Å². The van der Waals surface area contributed by atoms with Crippen molar-refractivity contribution in [2.75, 3.05) is 5.75 Å². The SMILES string of the molecule is CC(C)(C)[Si](C)(C)SCCC[SiH3]. The molecule has 0 N–H and O–H groups in total. The van der Waals surface area contributed by atoms with Crippen LogP contribution in [0.4, 0.5) is 0 Å². The summed E-state index contributed by atoms with van der Waals surface area (Å²) >= 11 is 2.27. The first-order valence-corrected chi connectivity index (χ1v) is 11.1. The minimum atomic E-state index is -1.01. The second-order valence-corrected chi connectivity index (χ2v) is 15.1. The molecule has 0 unspecified atom stereocenters. The van der Waals surface area contributed by atoms with Gasteiger partial charge in [0.2, 0.25) is 0 Å². The molecule has 0 nitrogen and oxygen atoms in total. The fourth-order valence-corrected chi connectivity index (χ4v) is 6.19. The zero-order valence-corrected chi connectivity index (χ0v) is 13.3. The lowest BCUT2D eigenvalue weighted by molar-refractivity contribution is 0.736. The van der Waals surface area contributed by atoms with Crippen molar-refractivity contribution in [2.24, 2.45) is 0 Å². The molecular formula is C9H24SSi2. The van der Waals surface area contributed by atoms with Crippen LogP contribution < -0.4 is 0 Å². The Morgan fingerprint density at radius 3 is 2.08 bits per heavy atom. The van der Waals surface area contributed by atoms with E-state index in [1.807, 2.05) is 0 Å². The highest BCUT2D eigenvalue weighted by molar-refractivity contribution is 8.29. The van der Waals surface area contributed by atoms with Gasteiger partial charge in [-0.3, -0.25) is 0 Å². The summed E-state index contributed by atoms with van der Waals surface area (Å²) in [4.78, 5) is 0. The molecule has 0 aliphatic rings. The normalized spacial score (nSPS) is 13.8. The van der Waals surface area contributed by atoms with Crippen LogP contribution in [-0.4, -0.2) is 23.2 Å². The summed E-state index contributed by atoms with van der Waals surface area (Å²) in [6.45, 7) is 12.2. The van der Waals surface area contributed by atoms with Crippen molar-refractivity contribution in [3.05, 3.63) is 0 Å². The molecule has 3 heteroatoms. The quantitative estimate of drug-likeness (QED) is 0.519. The molecule has 0 aliphatic heterocycles. The number of hydrogen-bond acceptors (Lipinski definition) is 1. The molecule has 0 rings (SSSR count). The molecular weight excluding hydrogens is 196 g/mol. The predicted octanol–water partition coefficient (Wildman–Crippen LogP) is 2.90. The van der Waals surface area contributed by atoms with Crippen LogP contribution in [0.3, 0.4) is 0 Å². The van der Waals surface area contributed by atoms with Crippen LogP contribution in [0.2, 0.25) is 24.2 Å². The van der Waals surface area contributed by atoms with Crippen LogP contribution in [0.5, 0.6) is 0 Å². The molecule has 0 heterocycles. The zero-order valence-electron chi connectivity index (χ0n) is 9.53. The van der Waals surface area contributed by atoms with E-state index in [9.17, 15) is 0 Å². The van der Waals surface area contributed by atoms with Gasteiger partial charge < -0.3 is 0 Å². The summed E-state index contributed by atoms with van der Waals surface area (Å²) in [6.07, 6.45) is 1.45. The molecule has 0 saturated carbocycles.